The molecular weight excluding hydrogens is 199 g/mol. The van der Waals surface area contributed by atoms with Crippen molar-refractivity contribution in [3.63, 3.8) is 0 Å². The normalized spacial score (nSPS) is 0. The van der Waals surface area contributed by atoms with Gasteiger partial charge in [-0.3, -0.25) is 0 Å². The second-order valence-corrected chi connectivity index (χ2v) is 0. The van der Waals surface area contributed by atoms with E-state index in [9.17, 15) is 0 Å². The molecule has 0 spiro atoms. The summed E-state index contributed by atoms with van der Waals surface area (Å²) >= 11 is 0. The first kappa shape index (κ1) is 33.3. The Balaban J connectivity index is 0. The molecule has 1 radical (unpaired) electrons. The van der Waals surface area contributed by atoms with Crippen LogP contribution in [0.25, 0.3) is 0 Å². The van der Waals surface area contributed by atoms with E-state index < -0.39 is 0 Å². The molecule has 0 atom stereocenters. The van der Waals surface area contributed by atoms with E-state index in [4.69, 9.17) is 0 Å². The fourth-order valence-corrected chi connectivity index (χ4v) is 0. The fraction of sp³-hybridized carbons (Fsp3) is 0. The SMILES string of the molecule is O.S.[Cu].[H-].[H-].[Sr+2]. The van der Waals surface area contributed by atoms with Crippen molar-refractivity contribution in [2.45, 2.75) is 0 Å². The van der Waals surface area contributed by atoms with Crippen LogP contribution in [0.3, 0.4) is 0 Å². The summed E-state index contributed by atoms with van der Waals surface area (Å²) in [4.78, 5) is 0. The maximum absolute atomic E-state index is 0. The topological polar surface area (TPSA) is 31.5 Å². The molecule has 31 valence electrons. The van der Waals surface area contributed by atoms with Crippen molar-refractivity contribution in [2.75, 3.05) is 0 Å². The van der Waals surface area contributed by atoms with Crippen LogP contribution in [-0.2, 0) is 17.1 Å². The van der Waals surface area contributed by atoms with Crippen LogP contribution in [0, 0.1) is 0 Å². The Kier molecular flexibility index (Phi) is 154. The second kappa shape index (κ2) is 18.5. The van der Waals surface area contributed by atoms with Gasteiger partial charge in [0.25, 0.3) is 0 Å². The van der Waals surface area contributed by atoms with Gasteiger partial charge in [0.15, 0.2) is 0 Å². The monoisotopic (exact) mass is 205 g/mol. The van der Waals surface area contributed by atoms with Gasteiger partial charge < -0.3 is 8.33 Å². The summed E-state index contributed by atoms with van der Waals surface area (Å²) in [6.07, 6.45) is 0. The Hall–Kier alpha value is 2.31. The molecule has 0 aromatic heterocycles. The first-order valence-electron chi connectivity index (χ1n) is 0. The van der Waals surface area contributed by atoms with Crippen LogP contribution in [-0.4, -0.2) is 51.0 Å². The van der Waals surface area contributed by atoms with Crippen LogP contribution in [0.4, 0.5) is 0 Å². The Morgan fingerprint density at radius 3 is 1.25 bits per heavy atom. The third kappa shape index (κ3) is 8.85. The summed E-state index contributed by atoms with van der Waals surface area (Å²) in [5.41, 5.74) is 0. The molecular formula is H6CuOSSr. The number of hydrogen-bond donors (Lipinski definition) is 0. The Morgan fingerprint density at radius 1 is 1.25 bits per heavy atom. The molecule has 0 aromatic rings. The minimum absolute atomic E-state index is 0. The van der Waals surface area contributed by atoms with Crippen molar-refractivity contribution >= 4 is 59.0 Å². The summed E-state index contributed by atoms with van der Waals surface area (Å²) in [6, 6.07) is 0. The third-order valence-corrected chi connectivity index (χ3v) is 0. The Morgan fingerprint density at radius 2 is 1.25 bits per heavy atom. The maximum atomic E-state index is 0. The van der Waals surface area contributed by atoms with Crippen LogP contribution < -0.4 is 0 Å². The van der Waals surface area contributed by atoms with Gasteiger partial charge >= 0.3 is 45.5 Å². The molecule has 0 aromatic carbocycles. The van der Waals surface area contributed by atoms with Crippen LogP contribution in [0.2, 0.25) is 0 Å². The van der Waals surface area contributed by atoms with E-state index in [1.165, 1.54) is 0 Å². The van der Waals surface area contributed by atoms with Gasteiger partial charge in [0.1, 0.15) is 0 Å². The molecule has 1 nitrogen and oxygen atoms in total. The number of hydrogen-bond acceptors (Lipinski definition) is 0. The van der Waals surface area contributed by atoms with Crippen molar-refractivity contribution < 1.29 is 25.4 Å². The minimum Gasteiger partial charge on any atom is -1.00 e. The molecule has 0 rings (SSSR count). The Labute approximate surface area is 83.0 Å². The average Bonchev–Trinajstić information content (AvgIpc) is 0. The van der Waals surface area contributed by atoms with E-state index in [0.29, 0.717) is 0 Å². The molecule has 0 fully saturated rings. The van der Waals surface area contributed by atoms with Crippen molar-refractivity contribution in [3.05, 3.63) is 0 Å². The van der Waals surface area contributed by atoms with Crippen molar-refractivity contribution in [3.8, 4) is 0 Å². The minimum atomic E-state index is 0. The first-order chi connectivity index (χ1) is 0. The molecule has 2 N–H and O–H groups in total. The van der Waals surface area contributed by atoms with E-state index in [2.05, 4.69) is 0 Å². The molecule has 4 heteroatoms. The molecule has 0 aliphatic heterocycles. The van der Waals surface area contributed by atoms with Gasteiger partial charge in [-0.15, -0.1) is 0 Å². The van der Waals surface area contributed by atoms with Gasteiger partial charge in [-0.05, 0) is 0 Å². The number of rotatable bonds is 0. The van der Waals surface area contributed by atoms with Gasteiger partial charge in [0.05, 0.1) is 0 Å². The molecule has 0 unspecified atom stereocenters. The van der Waals surface area contributed by atoms with E-state index in [1.807, 2.05) is 0 Å². The summed E-state index contributed by atoms with van der Waals surface area (Å²) in [7, 11) is 0. The average molecular weight is 205 g/mol. The summed E-state index contributed by atoms with van der Waals surface area (Å²) in [6.45, 7) is 0. The van der Waals surface area contributed by atoms with E-state index >= 15 is 0 Å². The maximum Gasteiger partial charge on any atom is 2.00 e. The van der Waals surface area contributed by atoms with Crippen molar-refractivity contribution in [1.82, 2.24) is 0 Å². The predicted molar refractivity (Wildman–Crippen MR) is 22.0 cm³/mol. The van der Waals surface area contributed by atoms with E-state index in [0.717, 1.165) is 0 Å². The zero-order chi connectivity index (χ0) is 0. The third-order valence-electron chi connectivity index (χ3n) is 0. The van der Waals surface area contributed by atoms with Crippen LogP contribution in [0.5, 0.6) is 0 Å². The molecule has 0 aliphatic carbocycles. The molecule has 0 amide bonds. The second-order valence-electron chi connectivity index (χ2n) is 0. The van der Waals surface area contributed by atoms with Crippen LogP contribution >= 0.6 is 13.5 Å². The fourth-order valence-electron chi connectivity index (χ4n) is 0. The molecule has 0 aliphatic rings. The van der Waals surface area contributed by atoms with Crippen molar-refractivity contribution in [2.24, 2.45) is 0 Å². The molecule has 0 bridgehead atoms. The summed E-state index contributed by atoms with van der Waals surface area (Å²) in [5.74, 6) is 0. The first-order valence-corrected chi connectivity index (χ1v) is 0. The van der Waals surface area contributed by atoms with Crippen LogP contribution in [0.15, 0.2) is 0 Å². The quantitative estimate of drug-likeness (QED) is 0.460. The van der Waals surface area contributed by atoms with Gasteiger partial charge in [-0.1, -0.05) is 0 Å². The zero-order valence-corrected chi connectivity index (χ0v) is 7.43. The van der Waals surface area contributed by atoms with Crippen molar-refractivity contribution in [1.29, 1.82) is 0 Å². The summed E-state index contributed by atoms with van der Waals surface area (Å²) < 4.78 is 0. The van der Waals surface area contributed by atoms with Gasteiger partial charge in [0, 0.05) is 17.1 Å². The molecule has 0 heterocycles. The standard InChI is InChI=1S/Cu.H2O.H2S.Sr.2H/h;2*1H2;;;/q;;;+2;2*-1. The zero-order valence-electron chi connectivity index (χ0n) is 4.01. The van der Waals surface area contributed by atoms with Crippen LogP contribution in [0.1, 0.15) is 2.85 Å². The molecule has 0 saturated carbocycles. The molecule has 0 saturated heterocycles. The summed E-state index contributed by atoms with van der Waals surface area (Å²) in [5, 5.41) is 0. The van der Waals surface area contributed by atoms with Gasteiger partial charge in [0.2, 0.25) is 0 Å². The Bertz CT molecular complexity index is 13.5. The predicted octanol–water partition coefficient (Wildman–Crippen LogP) is -0.870. The largest absolute Gasteiger partial charge is 2.00 e. The van der Waals surface area contributed by atoms with Gasteiger partial charge in [-0.2, -0.15) is 13.5 Å². The van der Waals surface area contributed by atoms with Gasteiger partial charge in [-0.25, -0.2) is 0 Å². The van der Waals surface area contributed by atoms with E-state index in [-0.39, 0.29) is 84.4 Å². The molecule has 4 heavy (non-hydrogen) atoms. The van der Waals surface area contributed by atoms with E-state index in [1.54, 1.807) is 0 Å². The smallest absolute Gasteiger partial charge is 1.00 e.